The number of imide groups is 1. The average Bonchev–Trinajstić information content (AvgIpc) is 2.93. The van der Waals surface area contributed by atoms with Crippen LogP contribution in [0.15, 0.2) is 36.4 Å². The predicted molar refractivity (Wildman–Crippen MR) is 99.3 cm³/mol. The molecule has 2 aliphatic rings. The Kier molecular flexibility index (Phi) is 6.08. The minimum Gasteiger partial charge on any atom is -0.492 e. The van der Waals surface area contributed by atoms with Crippen LogP contribution in [0.1, 0.15) is 19.8 Å². The maximum atomic E-state index is 12.3. The van der Waals surface area contributed by atoms with Crippen LogP contribution in [0.5, 0.6) is 5.75 Å². The third-order valence-electron chi connectivity index (χ3n) is 4.71. The van der Waals surface area contributed by atoms with Gasteiger partial charge in [-0.05, 0) is 31.9 Å². The Balaban J connectivity index is 1.50. The summed E-state index contributed by atoms with van der Waals surface area (Å²) in [5.41, 5.74) is 0.465. The van der Waals surface area contributed by atoms with Crippen LogP contribution in [0.2, 0.25) is 0 Å². The summed E-state index contributed by atoms with van der Waals surface area (Å²) in [6.07, 6.45) is 4.75. The number of rotatable bonds is 7. The van der Waals surface area contributed by atoms with Gasteiger partial charge in [-0.25, -0.2) is 0 Å². The second kappa shape index (κ2) is 8.69. The number of ether oxygens (including phenoxy) is 2. The van der Waals surface area contributed by atoms with Gasteiger partial charge in [0.1, 0.15) is 12.3 Å². The third-order valence-corrected chi connectivity index (χ3v) is 4.71. The number of fused-ring (bicyclic) bond motifs is 1. The third kappa shape index (κ3) is 4.21. The van der Waals surface area contributed by atoms with Gasteiger partial charge in [0, 0.05) is 0 Å². The zero-order valence-corrected chi connectivity index (χ0v) is 15.6. The minimum atomic E-state index is -0.804. The van der Waals surface area contributed by atoms with Crippen LogP contribution in [0.4, 0.5) is 5.69 Å². The van der Waals surface area contributed by atoms with Crippen LogP contribution in [0, 0.1) is 11.8 Å². The summed E-state index contributed by atoms with van der Waals surface area (Å²) in [6.45, 7) is 1.27. The Bertz CT molecular complexity index is 793. The SMILES string of the molecule is CCOc1ccccc1NC(=O)COC(=O)CN1C(=O)[C@H]2CC=CC[C@H]2C1=O. The summed E-state index contributed by atoms with van der Waals surface area (Å²) in [4.78, 5) is 49.7. The number of esters is 1. The highest BCUT2D eigenvalue weighted by atomic mass is 16.5. The summed E-state index contributed by atoms with van der Waals surface area (Å²) >= 11 is 0. The highest BCUT2D eigenvalue weighted by Crippen LogP contribution is 2.34. The standard InChI is InChI=1S/C20H22N2O6/c1-2-27-16-10-6-5-9-15(16)21-17(23)12-28-18(24)11-22-19(25)13-7-3-4-8-14(13)20(22)26/h3-6,9-10,13-14H,2,7-8,11-12H2,1H3,(H,21,23)/t13-,14+. The number of para-hydroxylation sites is 2. The van der Waals surface area contributed by atoms with Crippen molar-refractivity contribution in [2.75, 3.05) is 25.1 Å². The van der Waals surface area contributed by atoms with Crippen LogP contribution in [-0.2, 0) is 23.9 Å². The highest BCUT2D eigenvalue weighted by molar-refractivity contribution is 6.07. The van der Waals surface area contributed by atoms with Gasteiger partial charge in [-0.3, -0.25) is 24.1 Å². The molecule has 0 saturated carbocycles. The number of amides is 3. The van der Waals surface area contributed by atoms with E-state index in [1.165, 1.54) is 0 Å². The molecule has 2 atom stereocenters. The van der Waals surface area contributed by atoms with Gasteiger partial charge < -0.3 is 14.8 Å². The predicted octanol–water partition coefficient (Wildman–Crippen LogP) is 1.52. The Morgan fingerprint density at radius 1 is 1.11 bits per heavy atom. The number of hydrogen-bond donors (Lipinski definition) is 1. The minimum absolute atomic E-state index is 0.355. The molecule has 0 aromatic heterocycles. The second-order valence-corrected chi connectivity index (χ2v) is 6.56. The number of nitrogens with one attached hydrogen (secondary N) is 1. The first kappa shape index (κ1) is 19.6. The molecule has 1 aliphatic heterocycles. The molecule has 8 heteroatoms. The Hall–Kier alpha value is -3.16. The summed E-state index contributed by atoms with van der Waals surface area (Å²) in [7, 11) is 0. The van der Waals surface area contributed by atoms with Crippen molar-refractivity contribution in [2.45, 2.75) is 19.8 Å². The van der Waals surface area contributed by atoms with Crippen molar-refractivity contribution in [3.8, 4) is 5.75 Å². The van der Waals surface area contributed by atoms with E-state index in [4.69, 9.17) is 9.47 Å². The fourth-order valence-electron chi connectivity index (χ4n) is 3.38. The van der Waals surface area contributed by atoms with Crippen LogP contribution >= 0.6 is 0 Å². The van der Waals surface area contributed by atoms with Crippen molar-refractivity contribution in [3.05, 3.63) is 36.4 Å². The fourth-order valence-corrected chi connectivity index (χ4v) is 3.38. The number of carbonyl (C=O) groups is 4. The highest BCUT2D eigenvalue weighted by Gasteiger charge is 2.47. The van der Waals surface area contributed by atoms with Gasteiger partial charge in [-0.2, -0.15) is 0 Å². The molecule has 1 aromatic rings. The topological polar surface area (TPSA) is 102 Å². The molecule has 1 fully saturated rings. The van der Waals surface area contributed by atoms with Crippen molar-refractivity contribution in [3.63, 3.8) is 0 Å². The Morgan fingerprint density at radius 3 is 2.39 bits per heavy atom. The van der Waals surface area contributed by atoms with Gasteiger partial charge >= 0.3 is 5.97 Å². The van der Waals surface area contributed by atoms with Crippen LogP contribution in [0.3, 0.4) is 0 Å². The molecule has 1 aliphatic carbocycles. The van der Waals surface area contributed by atoms with E-state index in [9.17, 15) is 19.2 Å². The first-order valence-electron chi connectivity index (χ1n) is 9.18. The van der Waals surface area contributed by atoms with E-state index in [0.29, 0.717) is 30.9 Å². The molecule has 1 heterocycles. The number of hydrogen-bond acceptors (Lipinski definition) is 6. The van der Waals surface area contributed by atoms with Crippen molar-refractivity contribution in [1.82, 2.24) is 4.90 Å². The molecule has 148 valence electrons. The maximum absolute atomic E-state index is 12.3. The molecular weight excluding hydrogens is 364 g/mol. The second-order valence-electron chi connectivity index (χ2n) is 6.56. The molecule has 1 saturated heterocycles. The average molecular weight is 386 g/mol. The number of allylic oxidation sites excluding steroid dienone is 2. The number of benzene rings is 1. The van der Waals surface area contributed by atoms with Gasteiger partial charge in [-0.1, -0.05) is 24.3 Å². The summed E-state index contributed by atoms with van der Waals surface area (Å²) in [6, 6.07) is 6.90. The van der Waals surface area contributed by atoms with Crippen molar-refractivity contribution < 1.29 is 28.7 Å². The summed E-state index contributed by atoms with van der Waals surface area (Å²) in [5.74, 6) is -2.35. The smallest absolute Gasteiger partial charge is 0.326 e. The van der Waals surface area contributed by atoms with E-state index in [-0.39, 0.29) is 11.8 Å². The molecule has 0 unspecified atom stereocenters. The van der Waals surface area contributed by atoms with E-state index in [2.05, 4.69) is 5.32 Å². The van der Waals surface area contributed by atoms with Gasteiger partial charge in [-0.15, -0.1) is 0 Å². The lowest BCUT2D eigenvalue weighted by molar-refractivity contribution is -0.154. The van der Waals surface area contributed by atoms with Gasteiger partial charge in [0.25, 0.3) is 5.91 Å². The molecule has 28 heavy (non-hydrogen) atoms. The van der Waals surface area contributed by atoms with Crippen molar-refractivity contribution in [1.29, 1.82) is 0 Å². The van der Waals surface area contributed by atoms with Crippen LogP contribution in [-0.4, -0.2) is 48.3 Å². The Labute approximate surface area is 162 Å². The molecular formula is C20H22N2O6. The first-order chi connectivity index (χ1) is 13.5. The molecule has 8 nitrogen and oxygen atoms in total. The molecule has 3 rings (SSSR count). The lowest BCUT2D eigenvalue weighted by atomic mass is 9.85. The fraction of sp³-hybridized carbons (Fsp3) is 0.400. The normalized spacial score (nSPS) is 20.7. The van der Waals surface area contributed by atoms with E-state index in [1.54, 1.807) is 24.3 Å². The number of likely N-dealkylation sites (tertiary alicyclic amines) is 1. The molecule has 1 N–H and O–H groups in total. The molecule has 0 spiro atoms. The van der Waals surface area contributed by atoms with E-state index >= 15 is 0 Å². The van der Waals surface area contributed by atoms with Gasteiger partial charge in [0.2, 0.25) is 11.8 Å². The van der Waals surface area contributed by atoms with E-state index in [1.807, 2.05) is 19.1 Å². The maximum Gasteiger partial charge on any atom is 0.326 e. The number of carbonyl (C=O) groups excluding carboxylic acids is 4. The largest absolute Gasteiger partial charge is 0.492 e. The lowest BCUT2D eigenvalue weighted by Crippen LogP contribution is -2.37. The Morgan fingerprint density at radius 2 is 1.75 bits per heavy atom. The lowest BCUT2D eigenvalue weighted by Gasteiger charge is -2.14. The van der Waals surface area contributed by atoms with Crippen molar-refractivity contribution >= 4 is 29.4 Å². The molecule has 1 aromatic carbocycles. The zero-order chi connectivity index (χ0) is 20.1. The van der Waals surface area contributed by atoms with Gasteiger partial charge in [0.15, 0.2) is 6.61 Å². The monoisotopic (exact) mass is 386 g/mol. The zero-order valence-electron chi connectivity index (χ0n) is 15.6. The summed E-state index contributed by atoms with van der Waals surface area (Å²) in [5, 5.41) is 2.61. The number of anilines is 1. The van der Waals surface area contributed by atoms with E-state index < -0.39 is 36.9 Å². The van der Waals surface area contributed by atoms with Crippen LogP contribution in [0.25, 0.3) is 0 Å². The van der Waals surface area contributed by atoms with Gasteiger partial charge in [0.05, 0.1) is 24.1 Å². The quantitative estimate of drug-likeness (QED) is 0.433. The summed E-state index contributed by atoms with van der Waals surface area (Å²) < 4.78 is 10.3. The first-order valence-corrected chi connectivity index (χ1v) is 9.18. The van der Waals surface area contributed by atoms with Crippen molar-refractivity contribution in [2.24, 2.45) is 11.8 Å². The molecule has 0 radical (unpaired) electrons. The van der Waals surface area contributed by atoms with Crippen LogP contribution < -0.4 is 10.1 Å². The molecule has 3 amide bonds. The number of nitrogens with zero attached hydrogens (tertiary/aromatic N) is 1. The molecule has 0 bridgehead atoms. The van der Waals surface area contributed by atoms with E-state index in [0.717, 1.165) is 4.90 Å².